The Balaban J connectivity index is 1.45. The molecule has 0 spiro atoms. The number of piperidine rings is 1. The molecule has 3 fully saturated rings. The minimum atomic E-state index is -5.80. The standard InChI is InChI=1S/C34H35BrF5N3O6S/c35-24-8-6-21-15-23(7-5-22(21)16-24)33(36,37)30(31(44)42-26-9-10-27(42)18-25(41)17-26)43(49-32(45)34(38,39)40)50(46,47)29-13-11-28(12-14-29)48-19-20-3-1-2-4-20/h5-8,11-16,20,25-27,30H,1-4,9-10,17-19,41H2/t25?,26?,27?,30-/m0/s1. The Morgan fingerprint density at radius 1 is 0.900 bits per heavy atom. The fraction of sp³-hybridized carbons (Fsp3) is 0.471. The lowest BCUT2D eigenvalue weighted by atomic mass is 9.94. The number of nitrogens with zero attached hydrogens (tertiary/aromatic N) is 2. The van der Waals surface area contributed by atoms with E-state index in [-0.39, 0.29) is 30.0 Å². The molecule has 3 aliphatic rings. The van der Waals surface area contributed by atoms with Crippen molar-refractivity contribution in [1.29, 1.82) is 0 Å². The van der Waals surface area contributed by atoms with Crippen LogP contribution in [0.1, 0.15) is 56.9 Å². The highest BCUT2D eigenvalue weighted by molar-refractivity contribution is 9.10. The highest BCUT2D eigenvalue weighted by atomic mass is 79.9. The quantitative estimate of drug-likeness (QED) is 0.177. The fourth-order valence-electron chi connectivity index (χ4n) is 7.26. The van der Waals surface area contributed by atoms with Gasteiger partial charge in [0.15, 0.2) is 0 Å². The molecule has 9 nitrogen and oxygen atoms in total. The molecule has 270 valence electrons. The van der Waals surface area contributed by atoms with Crippen LogP contribution in [-0.2, 0) is 30.4 Å². The number of hydrogen-bond acceptors (Lipinski definition) is 7. The fourth-order valence-corrected chi connectivity index (χ4v) is 8.99. The first kappa shape index (κ1) is 36.5. The van der Waals surface area contributed by atoms with Gasteiger partial charge in [-0.05, 0) is 102 Å². The van der Waals surface area contributed by atoms with E-state index in [0.717, 1.165) is 54.8 Å². The first-order valence-electron chi connectivity index (χ1n) is 16.3. The zero-order chi connectivity index (χ0) is 36.0. The van der Waals surface area contributed by atoms with Crippen molar-refractivity contribution in [3.05, 3.63) is 70.7 Å². The average molecular weight is 789 g/mol. The summed E-state index contributed by atoms with van der Waals surface area (Å²) in [4.78, 5) is 31.4. The third-order valence-corrected chi connectivity index (χ3v) is 11.8. The van der Waals surface area contributed by atoms with E-state index in [1.54, 1.807) is 12.1 Å². The minimum Gasteiger partial charge on any atom is -0.493 e. The normalized spacial score (nSPS) is 22.2. The summed E-state index contributed by atoms with van der Waals surface area (Å²) in [6, 6.07) is 7.29. The number of rotatable bonds is 10. The molecule has 16 heteroatoms. The largest absolute Gasteiger partial charge is 0.493 e. The smallest absolute Gasteiger partial charge is 0.492 e. The number of benzene rings is 3. The second-order valence-corrected chi connectivity index (χ2v) is 15.9. The number of alkyl halides is 5. The summed E-state index contributed by atoms with van der Waals surface area (Å²) in [5, 5.41) is 0.781. The van der Waals surface area contributed by atoms with E-state index in [9.17, 15) is 31.2 Å². The molecule has 3 aromatic carbocycles. The van der Waals surface area contributed by atoms with Crippen LogP contribution in [0.15, 0.2) is 70.0 Å². The van der Waals surface area contributed by atoms with Crippen LogP contribution >= 0.6 is 15.9 Å². The van der Waals surface area contributed by atoms with E-state index < -0.39 is 67.1 Å². The van der Waals surface area contributed by atoms with Crippen LogP contribution < -0.4 is 10.5 Å². The highest BCUT2D eigenvalue weighted by Crippen LogP contribution is 2.44. The van der Waals surface area contributed by atoms with Crippen molar-refractivity contribution in [2.75, 3.05) is 6.61 Å². The van der Waals surface area contributed by atoms with Gasteiger partial charge >= 0.3 is 18.1 Å². The van der Waals surface area contributed by atoms with E-state index in [2.05, 4.69) is 20.8 Å². The summed E-state index contributed by atoms with van der Waals surface area (Å²) < 4.78 is 109. The molecule has 1 amide bonds. The number of sulfonamides is 1. The van der Waals surface area contributed by atoms with Gasteiger partial charge in [-0.1, -0.05) is 47.0 Å². The third-order valence-electron chi connectivity index (χ3n) is 9.72. The van der Waals surface area contributed by atoms with Gasteiger partial charge in [0.2, 0.25) is 6.04 Å². The molecule has 1 aliphatic carbocycles. The Morgan fingerprint density at radius 2 is 1.50 bits per heavy atom. The molecule has 2 N–H and O–H groups in total. The monoisotopic (exact) mass is 787 g/mol. The number of hydrogen-bond donors (Lipinski definition) is 1. The molecule has 2 heterocycles. The summed E-state index contributed by atoms with van der Waals surface area (Å²) in [6.07, 6.45) is -0.595. The summed E-state index contributed by atoms with van der Waals surface area (Å²) in [5.41, 5.74) is 5.24. The van der Waals surface area contributed by atoms with Gasteiger partial charge in [-0.2, -0.15) is 22.0 Å². The summed E-state index contributed by atoms with van der Waals surface area (Å²) in [5.74, 6) is -8.60. The second-order valence-electron chi connectivity index (χ2n) is 13.2. The topological polar surface area (TPSA) is 119 Å². The molecule has 3 aromatic rings. The van der Waals surface area contributed by atoms with Gasteiger partial charge in [-0.15, -0.1) is 0 Å². The van der Waals surface area contributed by atoms with Gasteiger partial charge in [0.1, 0.15) is 5.75 Å². The lowest BCUT2D eigenvalue weighted by molar-refractivity contribution is -0.240. The van der Waals surface area contributed by atoms with E-state index in [4.69, 9.17) is 10.5 Å². The minimum absolute atomic E-state index is 0.211. The van der Waals surface area contributed by atoms with Crippen LogP contribution in [0.2, 0.25) is 0 Å². The Kier molecular flexibility index (Phi) is 10.2. The van der Waals surface area contributed by atoms with Crippen molar-refractivity contribution < 1.29 is 49.5 Å². The highest BCUT2D eigenvalue weighted by Gasteiger charge is 2.60. The van der Waals surface area contributed by atoms with Gasteiger partial charge < -0.3 is 20.2 Å². The summed E-state index contributed by atoms with van der Waals surface area (Å²) in [7, 11) is -5.57. The molecule has 0 aromatic heterocycles. The van der Waals surface area contributed by atoms with Crippen LogP contribution in [0.4, 0.5) is 22.0 Å². The maximum atomic E-state index is 17.1. The Morgan fingerprint density at radius 3 is 2.12 bits per heavy atom. The molecule has 2 saturated heterocycles. The van der Waals surface area contributed by atoms with E-state index >= 15 is 8.78 Å². The molecular formula is C34H35BrF5N3O6S. The van der Waals surface area contributed by atoms with Crippen LogP contribution in [0.25, 0.3) is 10.8 Å². The number of nitrogens with two attached hydrogens (primary N) is 1. The van der Waals surface area contributed by atoms with Crippen LogP contribution in [0.3, 0.4) is 0 Å². The number of fused-ring (bicyclic) bond motifs is 3. The zero-order valence-electron chi connectivity index (χ0n) is 26.6. The lowest BCUT2D eigenvalue weighted by Gasteiger charge is -2.42. The first-order chi connectivity index (χ1) is 23.6. The zero-order valence-corrected chi connectivity index (χ0v) is 29.0. The Bertz CT molecular complexity index is 1840. The van der Waals surface area contributed by atoms with Gasteiger partial charge in [0.25, 0.3) is 15.9 Å². The summed E-state index contributed by atoms with van der Waals surface area (Å²) in [6.45, 7) is 0.356. The van der Waals surface area contributed by atoms with Gasteiger partial charge in [-0.3, -0.25) is 4.79 Å². The second kappa shape index (κ2) is 14.0. The molecule has 2 bridgehead atoms. The average Bonchev–Trinajstić information content (AvgIpc) is 3.68. The number of carbonyl (C=O) groups is 2. The van der Waals surface area contributed by atoms with Gasteiger partial charge in [-0.25, -0.2) is 13.2 Å². The number of hydroxylamine groups is 1. The Labute approximate surface area is 294 Å². The summed E-state index contributed by atoms with van der Waals surface area (Å²) >= 11 is 3.30. The number of carbonyl (C=O) groups excluding carboxylic acids is 2. The first-order valence-corrected chi connectivity index (χ1v) is 18.5. The van der Waals surface area contributed by atoms with Crippen molar-refractivity contribution in [1.82, 2.24) is 9.37 Å². The predicted molar refractivity (Wildman–Crippen MR) is 175 cm³/mol. The maximum Gasteiger partial charge on any atom is 0.492 e. The van der Waals surface area contributed by atoms with Crippen LogP contribution in [0.5, 0.6) is 5.75 Å². The number of ether oxygens (including phenoxy) is 1. The molecular weight excluding hydrogens is 753 g/mol. The molecule has 3 atom stereocenters. The Hall–Kier alpha value is -3.34. The molecule has 1 saturated carbocycles. The SMILES string of the molecule is NC1CC2CCC(C1)N2C(=O)[C@H](N(OC(=O)C(F)(F)F)S(=O)(=O)c1ccc(OCC2CCCC2)cc1)C(F)(F)c1ccc2cc(Br)ccc2c1. The molecule has 2 unspecified atom stereocenters. The van der Waals surface area contributed by atoms with Crippen molar-refractivity contribution in [3.63, 3.8) is 0 Å². The molecule has 50 heavy (non-hydrogen) atoms. The van der Waals surface area contributed by atoms with E-state index in [1.807, 2.05) is 0 Å². The van der Waals surface area contributed by atoms with Crippen molar-refractivity contribution in [2.45, 2.75) is 92.5 Å². The number of halogens is 6. The van der Waals surface area contributed by atoms with Gasteiger partial charge in [0, 0.05) is 28.2 Å². The van der Waals surface area contributed by atoms with E-state index in [1.165, 1.54) is 24.3 Å². The number of amides is 1. The van der Waals surface area contributed by atoms with Crippen molar-refractivity contribution >= 4 is 48.6 Å². The van der Waals surface area contributed by atoms with Crippen molar-refractivity contribution in [3.8, 4) is 5.75 Å². The molecule has 6 rings (SSSR count). The predicted octanol–water partition coefficient (Wildman–Crippen LogP) is 6.82. The van der Waals surface area contributed by atoms with E-state index in [0.29, 0.717) is 35.2 Å². The lowest BCUT2D eigenvalue weighted by Crippen LogP contribution is -2.62. The third kappa shape index (κ3) is 7.34. The van der Waals surface area contributed by atoms with Crippen LogP contribution in [-0.4, -0.2) is 66.6 Å². The maximum absolute atomic E-state index is 17.1. The van der Waals surface area contributed by atoms with Crippen molar-refractivity contribution in [2.24, 2.45) is 11.7 Å². The molecule has 0 radical (unpaired) electrons. The van der Waals surface area contributed by atoms with Gasteiger partial charge in [0.05, 0.1) is 11.5 Å². The molecule has 2 aliphatic heterocycles. The van der Waals surface area contributed by atoms with Crippen LogP contribution in [0, 0.1) is 5.92 Å².